The number of ether oxygens (including phenoxy) is 1. The van der Waals surface area contributed by atoms with Crippen LogP contribution >= 0.6 is 0 Å². The van der Waals surface area contributed by atoms with Crippen LogP contribution in [-0.2, 0) is 4.74 Å². The van der Waals surface area contributed by atoms with Gasteiger partial charge in [-0.2, -0.15) is 0 Å². The van der Waals surface area contributed by atoms with Crippen molar-refractivity contribution in [3.05, 3.63) is 11.9 Å². The number of aromatic nitrogens is 2. The van der Waals surface area contributed by atoms with E-state index < -0.39 is 0 Å². The number of anilines is 2. The molecule has 1 aliphatic rings. The predicted octanol–water partition coefficient (Wildman–Crippen LogP) is 0.594. The third-order valence-electron chi connectivity index (χ3n) is 2.62. The van der Waals surface area contributed by atoms with Crippen molar-refractivity contribution in [1.29, 1.82) is 0 Å². The van der Waals surface area contributed by atoms with Crippen molar-refractivity contribution in [3.63, 3.8) is 0 Å². The summed E-state index contributed by atoms with van der Waals surface area (Å²) in [6, 6.07) is 0. The van der Waals surface area contributed by atoms with Crippen LogP contribution in [0.25, 0.3) is 0 Å². The number of nitrogens with zero attached hydrogens (tertiary/aromatic N) is 3. The Morgan fingerprint density at radius 1 is 1.33 bits per heavy atom. The van der Waals surface area contributed by atoms with Crippen LogP contribution in [0, 0.1) is 6.92 Å². The molecule has 0 bridgehead atoms. The summed E-state index contributed by atoms with van der Waals surface area (Å²) >= 11 is 0. The van der Waals surface area contributed by atoms with Crippen molar-refractivity contribution in [2.45, 2.75) is 13.3 Å². The Kier molecular flexibility index (Phi) is 3.01. The van der Waals surface area contributed by atoms with Crippen molar-refractivity contribution in [2.75, 3.05) is 36.9 Å². The number of rotatable bonds is 1. The molecule has 0 unspecified atom stereocenters. The monoisotopic (exact) mass is 208 g/mol. The second-order valence-corrected chi connectivity index (χ2v) is 3.66. The van der Waals surface area contributed by atoms with Gasteiger partial charge in [0.25, 0.3) is 0 Å². The Labute approximate surface area is 89.3 Å². The molecule has 1 fully saturated rings. The normalized spacial score (nSPS) is 17.5. The average molecular weight is 208 g/mol. The van der Waals surface area contributed by atoms with Gasteiger partial charge >= 0.3 is 0 Å². The molecule has 0 aromatic carbocycles. The fourth-order valence-electron chi connectivity index (χ4n) is 1.73. The van der Waals surface area contributed by atoms with Gasteiger partial charge < -0.3 is 15.4 Å². The second kappa shape index (κ2) is 4.44. The molecule has 5 heteroatoms. The zero-order chi connectivity index (χ0) is 10.7. The second-order valence-electron chi connectivity index (χ2n) is 3.66. The molecule has 1 aromatic heterocycles. The molecule has 0 radical (unpaired) electrons. The summed E-state index contributed by atoms with van der Waals surface area (Å²) in [5, 5.41) is 0. The number of nitrogen functional groups attached to an aromatic ring is 1. The predicted molar refractivity (Wildman–Crippen MR) is 58.8 cm³/mol. The van der Waals surface area contributed by atoms with E-state index in [0.29, 0.717) is 5.82 Å². The summed E-state index contributed by atoms with van der Waals surface area (Å²) < 4.78 is 5.40. The first-order chi connectivity index (χ1) is 7.29. The molecule has 0 atom stereocenters. The summed E-state index contributed by atoms with van der Waals surface area (Å²) in [5.41, 5.74) is 6.72. The quantitative estimate of drug-likeness (QED) is 0.732. The fraction of sp³-hybridized carbons (Fsp3) is 0.600. The first-order valence-corrected chi connectivity index (χ1v) is 5.19. The Morgan fingerprint density at radius 2 is 2.20 bits per heavy atom. The fourth-order valence-corrected chi connectivity index (χ4v) is 1.73. The lowest BCUT2D eigenvalue weighted by atomic mass is 10.3. The van der Waals surface area contributed by atoms with Gasteiger partial charge in [-0.25, -0.2) is 9.97 Å². The van der Waals surface area contributed by atoms with Crippen LogP contribution in [0.1, 0.15) is 12.0 Å². The van der Waals surface area contributed by atoms with Crippen LogP contribution in [0.3, 0.4) is 0 Å². The molecule has 1 aromatic rings. The van der Waals surface area contributed by atoms with E-state index in [2.05, 4.69) is 14.9 Å². The molecule has 15 heavy (non-hydrogen) atoms. The Morgan fingerprint density at radius 3 is 3.07 bits per heavy atom. The Bertz CT molecular complexity index is 334. The molecule has 5 nitrogen and oxygen atoms in total. The first kappa shape index (κ1) is 10.2. The van der Waals surface area contributed by atoms with Gasteiger partial charge in [-0.3, -0.25) is 0 Å². The molecular formula is C10H16N4O. The van der Waals surface area contributed by atoms with Crippen LogP contribution in [-0.4, -0.2) is 36.3 Å². The third-order valence-corrected chi connectivity index (χ3v) is 2.62. The van der Waals surface area contributed by atoms with Crippen molar-refractivity contribution in [2.24, 2.45) is 0 Å². The Balaban J connectivity index is 2.23. The minimum Gasteiger partial charge on any atom is -0.383 e. The number of hydrogen-bond donors (Lipinski definition) is 1. The highest BCUT2D eigenvalue weighted by atomic mass is 16.5. The van der Waals surface area contributed by atoms with Gasteiger partial charge in [0.05, 0.1) is 6.61 Å². The zero-order valence-electron chi connectivity index (χ0n) is 8.94. The minimum absolute atomic E-state index is 0.560. The SMILES string of the molecule is Cc1c(N)ncnc1N1CCCOCC1. The molecule has 1 aliphatic heterocycles. The van der Waals surface area contributed by atoms with E-state index in [-0.39, 0.29) is 0 Å². The zero-order valence-corrected chi connectivity index (χ0v) is 8.94. The van der Waals surface area contributed by atoms with Crippen molar-refractivity contribution in [1.82, 2.24) is 9.97 Å². The molecule has 0 amide bonds. The number of nitrogens with two attached hydrogens (primary N) is 1. The van der Waals surface area contributed by atoms with Crippen molar-refractivity contribution >= 4 is 11.6 Å². The summed E-state index contributed by atoms with van der Waals surface area (Å²) in [6.07, 6.45) is 2.55. The van der Waals surface area contributed by atoms with Crippen LogP contribution < -0.4 is 10.6 Å². The van der Waals surface area contributed by atoms with Gasteiger partial charge in [0.1, 0.15) is 18.0 Å². The van der Waals surface area contributed by atoms with Crippen LogP contribution in [0.4, 0.5) is 11.6 Å². The van der Waals surface area contributed by atoms with Gasteiger partial charge in [-0.15, -0.1) is 0 Å². The molecule has 0 saturated carbocycles. The average Bonchev–Trinajstić information content (AvgIpc) is 2.50. The van der Waals surface area contributed by atoms with E-state index in [1.54, 1.807) is 0 Å². The Hall–Kier alpha value is -1.36. The molecule has 1 saturated heterocycles. The first-order valence-electron chi connectivity index (χ1n) is 5.19. The molecule has 0 spiro atoms. The lowest BCUT2D eigenvalue weighted by Gasteiger charge is -2.22. The van der Waals surface area contributed by atoms with E-state index in [0.717, 1.165) is 44.1 Å². The van der Waals surface area contributed by atoms with Gasteiger partial charge in [0.2, 0.25) is 0 Å². The van der Waals surface area contributed by atoms with E-state index in [1.807, 2.05) is 6.92 Å². The highest BCUT2D eigenvalue weighted by Crippen LogP contribution is 2.20. The topological polar surface area (TPSA) is 64.3 Å². The maximum absolute atomic E-state index is 5.76. The van der Waals surface area contributed by atoms with Crippen LogP contribution in [0.2, 0.25) is 0 Å². The van der Waals surface area contributed by atoms with Gasteiger partial charge in [0.15, 0.2) is 0 Å². The van der Waals surface area contributed by atoms with E-state index in [4.69, 9.17) is 10.5 Å². The number of hydrogen-bond acceptors (Lipinski definition) is 5. The van der Waals surface area contributed by atoms with E-state index in [9.17, 15) is 0 Å². The summed E-state index contributed by atoms with van der Waals surface area (Å²) in [4.78, 5) is 10.5. The van der Waals surface area contributed by atoms with Crippen molar-refractivity contribution < 1.29 is 4.74 Å². The smallest absolute Gasteiger partial charge is 0.137 e. The summed E-state index contributed by atoms with van der Waals surface area (Å²) in [6.45, 7) is 5.38. The van der Waals surface area contributed by atoms with Gasteiger partial charge in [0, 0.05) is 25.3 Å². The van der Waals surface area contributed by atoms with Crippen LogP contribution in [0.15, 0.2) is 6.33 Å². The minimum atomic E-state index is 0.560. The van der Waals surface area contributed by atoms with Crippen LogP contribution in [0.5, 0.6) is 0 Å². The summed E-state index contributed by atoms with van der Waals surface area (Å²) in [5.74, 6) is 1.50. The molecule has 0 aliphatic carbocycles. The van der Waals surface area contributed by atoms with Gasteiger partial charge in [-0.05, 0) is 13.3 Å². The molecule has 2 N–H and O–H groups in total. The highest BCUT2D eigenvalue weighted by molar-refractivity contribution is 5.55. The maximum atomic E-state index is 5.76. The molecule has 82 valence electrons. The lowest BCUT2D eigenvalue weighted by molar-refractivity contribution is 0.152. The van der Waals surface area contributed by atoms with E-state index in [1.165, 1.54) is 6.33 Å². The third kappa shape index (κ3) is 2.18. The van der Waals surface area contributed by atoms with Gasteiger partial charge in [-0.1, -0.05) is 0 Å². The molecular weight excluding hydrogens is 192 g/mol. The molecule has 2 rings (SSSR count). The standard InChI is InChI=1S/C10H16N4O/c1-8-9(11)12-7-13-10(8)14-3-2-5-15-6-4-14/h7H,2-6H2,1H3,(H2,11,12,13). The van der Waals surface area contributed by atoms with E-state index >= 15 is 0 Å². The highest BCUT2D eigenvalue weighted by Gasteiger charge is 2.14. The maximum Gasteiger partial charge on any atom is 0.137 e. The molecule has 2 heterocycles. The largest absolute Gasteiger partial charge is 0.383 e. The summed E-state index contributed by atoms with van der Waals surface area (Å²) in [7, 11) is 0. The van der Waals surface area contributed by atoms with Crippen molar-refractivity contribution in [3.8, 4) is 0 Å². The lowest BCUT2D eigenvalue weighted by Crippen LogP contribution is -2.28.